The zero-order valence-electron chi connectivity index (χ0n) is 14.6. The summed E-state index contributed by atoms with van der Waals surface area (Å²) in [5, 5.41) is 3.09. The van der Waals surface area contributed by atoms with Crippen LogP contribution >= 0.6 is 11.3 Å². The van der Waals surface area contributed by atoms with Gasteiger partial charge in [0.05, 0.1) is 5.92 Å². The number of likely N-dealkylation sites (N-methyl/N-ethyl adjacent to an activating group) is 1. The van der Waals surface area contributed by atoms with Crippen LogP contribution in [0.15, 0.2) is 11.6 Å². The van der Waals surface area contributed by atoms with Gasteiger partial charge in [-0.1, -0.05) is 0 Å². The van der Waals surface area contributed by atoms with E-state index in [-0.39, 0.29) is 5.92 Å². The van der Waals surface area contributed by atoms with Gasteiger partial charge in [-0.2, -0.15) is 0 Å². The highest BCUT2D eigenvalue weighted by molar-refractivity contribution is 7.13. The van der Waals surface area contributed by atoms with Crippen molar-refractivity contribution in [2.24, 2.45) is 5.92 Å². The molecule has 3 saturated heterocycles. The molecule has 0 aromatic carbocycles. The lowest BCUT2D eigenvalue weighted by Crippen LogP contribution is -2.51. The molecule has 0 N–H and O–H groups in total. The summed E-state index contributed by atoms with van der Waals surface area (Å²) >= 11 is 1.68. The number of thiazole rings is 1. The third-order valence-corrected chi connectivity index (χ3v) is 6.90. The van der Waals surface area contributed by atoms with Gasteiger partial charge in [-0.3, -0.25) is 4.79 Å². The Balaban J connectivity index is 1.44. The van der Waals surface area contributed by atoms with Crippen molar-refractivity contribution in [1.29, 1.82) is 0 Å². The number of likely N-dealkylation sites (tertiary alicyclic amines) is 2. The van der Waals surface area contributed by atoms with E-state index >= 15 is 0 Å². The average Bonchev–Trinajstić information content (AvgIpc) is 3.35. The standard InChI is InChI=1S/C18H28N4OS/c1-20-9-3-6-15(20)16-7-4-11-22(16)17(23)14-5-2-10-21(13-14)18-19-8-12-24-18/h8,12,14-16H,2-7,9-11,13H2,1H3. The minimum absolute atomic E-state index is 0.148. The fourth-order valence-electron chi connectivity index (χ4n) is 4.85. The van der Waals surface area contributed by atoms with Crippen LogP contribution in [0.5, 0.6) is 0 Å². The summed E-state index contributed by atoms with van der Waals surface area (Å²) in [6.45, 7) is 4.02. The Kier molecular flexibility index (Phi) is 4.77. The van der Waals surface area contributed by atoms with Crippen LogP contribution in [0.3, 0.4) is 0 Å². The molecule has 3 aliphatic rings. The van der Waals surface area contributed by atoms with Crippen LogP contribution in [-0.4, -0.2) is 66.0 Å². The molecule has 5 nitrogen and oxygen atoms in total. The molecular formula is C18H28N4OS. The molecule has 3 unspecified atom stereocenters. The number of nitrogens with zero attached hydrogens (tertiary/aromatic N) is 4. The smallest absolute Gasteiger partial charge is 0.227 e. The molecule has 0 radical (unpaired) electrons. The van der Waals surface area contributed by atoms with E-state index in [1.165, 1.54) is 32.2 Å². The van der Waals surface area contributed by atoms with Gasteiger partial charge in [0.25, 0.3) is 0 Å². The molecule has 4 rings (SSSR count). The Morgan fingerprint density at radius 3 is 2.67 bits per heavy atom. The molecule has 1 aromatic rings. The monoisotopic (exact) mass is 348 g/mol. The second-order valence-corrected chi connectivity index (χ2v) is 8.40. The first-order valence-electron chi connectivity index (χ1n) is 9.39. The molecule has 3 fully saturated rings. The number of carbonyl (C=O) groups excluding carboxylic acids is 1. The van der Waals surface area contributed by atoms with Gasteiger partial charge in [0.1, 0.15) is 0 Å². The second kappa shape index (κ2) is 7.00. The van der Waals surface area contributed by atoms with E-state index in [2.05, 4.69) is 26.7 Å². The Hall–Kier alpha value is -1.14. The molecular weight excluding hydrogens is 320 g/mol. The molecule has 132 valence electrons. The highest BCUT2D eigenvalue weighted by atomic mass is 32.1. The van der Waals surface area contributed by atoms with E-state index in [9.17, 15) is 4.79 Å². The second-order valence-electron chi connectivity index (χ2n) is 7.53. The molecule has 1 aromatic heterocycles. The molecule has 3 aliphatic heterocycles. The van der Waals surface area contributed by atoms with Crippen LogP contribution in [0.4, 0.5) is 5.13 Å². The van der Waals surface area contributed by atoms with Gasteiger partial charge in [0, 0.05) is 43.3 Å². The first-order valence-corrected chi connectivity index (χ1v) is 10.3. The number of aromatic nitrogens is 1. The van der Waals surface area contributed by atoms with E-state index in [0.717, 1.165) is 37.6 Å². The van der Waals surface area contributed by atoms with Gasteiger partial charge in [-0.25, -0.2) is 4.98 Å². The number of carbonyl (C=O) groups is 1. The van der Waals surface area contributed by atoms with Crippen LogP contribution in [0.25, 0.3) is 0 Å². The zero-order valence-corrected chi connectivity index (χ0v) is 15.4. The number of hydrogen-bond donors (Lipinski definition) is 0. The third-order valence-electron chi connectivity index (χ3n) is 6.06. The lowest BCUT2D eigenvalue weighted by atomic mass is 9.95. The lowest BCUT2D eigenvalue weighted by Gasteiger charge is -2.38. The maximum absolute atomic E-state index is 13.3. The summed E-state index contributed by atoms with van der Waals surface area (Å²) in [5.74, 6) is 0.550. The molecule has 0 bridgehead atoms. The summed E-state index contributed by atoms with van der Waals surface area (Å²) < 4.78 is 0. The molecule has 1 amide bonds. The molecule has 0 aliphatic carbocycles. The van der Waals surface area contributed by atoms with Crippen molar-refractivity contribution >= 4 is 22.4 Å². The number of rotatable bonds is 3. The van der Waals surface area contributed by atoms with Crippen LogP contribution in [0.2, 0.25) is 0 Å². The fraction of sp³-hybridized carbons (Fsp3) is 0.778. The molecule has 4 heterocycles. The van der Waals surface area contributed by atoms with E-state index in [4.69, 9.17) is 0 Å². The number of hydrogen-bond acceptors (Lipinski definition) is 5. The van der Waals surface area contributed by atoms with E-state index in [1.807, 2.05) is 11.6 Å². The van der Waals surface area contributed by atoms with E-state index in [0.29, 0.717) is 18.0 Å². The topological polar surface area (TPSA) is 39.7 Å². The molecule has 0 spiro atoms. The maximum Gasteiger partial charge on any atom is 0.227 e. The highest BCUT2D eigenvalue weighted by Gasteiger charge is 2.41. The lowest BCUT2D eigenvalue weighted by molar-refractivity contribution is -0.137. The zero-order chi connectivity index (χ0) is 16.5. The largest absolute Gasteiger partial charge is 0.347 e. The van der Waals surface area contributed by atoms with Crippen LogP contribution in [-0.2, 0) is 4.79 Å². The molecule has 3 atom stereocenters. The SMILES string of the molecule is CN1CCCC1C1CCCN1C(=O)C1CCCN(c2nccs2)C1. The van der Waals surface area contributed by atoms with Gasteiger partial charge < -0.3 is 14.7 Å². The quantitative estimate of drug-likeness (QED) is 0.841. The first-order chi connectivity index (χ1) is 11.7. The van der Waals surface area contributed by atoms with Crippen molar-refractivity contribution in [3.05, 3.63) is 11.6 Å². The van der Waals surface area contributed by atoms with Gasteiger partial charge in [0.2, 0.25) is 5.91 Å². The summed E-state index contributed by atoms with van der Waals surface area (Å²) in [7, 11) is 2.23. The van der Waals surface area contributed by atoms with Crippen molar-refractivity contribution in [2.75, 3.05) is 38.1 Å². The fourth-order valence-corrected chi connectivity index (χ4v) is 5.53. The van der Waals surface area contributed by atoms with Crippen molar-refractivity contribution in [3.8, 4) is 0 Å². The Morgan fingerprint density at radius 2 is 1.92 bits per heavy atom. The van der Waals surface area contributed by atoms with Crippen LogP contribution in [0, 0.1) is 5.92 Å². The van der Waals surface area contributed by atoms with E-state index in [1.54, 1.807) is 11.3 Å². The van der Waals surface area contributed by atoms with Crippen molar-refractivity contribution < 1.29 is 4.79 Å². The number of anilines is 1. The Labute approximate surface area is 148 Å². The molecule has 24 heavy (non-hydrogen) atoms. The summed E-state index contributed by atoms with van der Waals surface area (Å²) in [6.07, 6.45) is 8.87. The Bertz CT molecular complexity index is 563. The third kappa shape index (κ3) is 3.06. The number of piperidine rings is 1. The van der Waals surface area contributed by atoms with Gasteiger partial charge in [-0.05, 0) is 52.1 Å². The summed E-state index contributed by atoms with van der Waals surface area (Å²) in [5.41, 5.74) is 0. The average molecular weight is 349 g/mol. The minimum atomic E-state index is 0.148. The highest BCUT2D eigenvalue weighted by Crippen LogP contribution is 2.32. The van der Waals surface area contributed by atoms with E-state index < -0.39 is 0 Å². The van der Waals surface area contributed by atoms with Crippen molar-refractivity contribution in [3.63, 3.8) is 0 Å². The molecule has 0 saturated carbocycles. The maximum atomic E-state index is 13.3. The number of amides is 1. The van der Waals surface area contributed by atoms with Gasteiger partial charge >= 0.3 is 0 Å². The first kappa shape index (κ1) is 16.3. The Morgan fingerprint density at radius 1 is 1.12 bits per heavy atom. The molecule has 6 heteroatoms. The van der Waals surface area contributed by atoms with Gasteiger partial charge in [-0.15, -0.1) is 11.3 Å². The summed E-state index contributed by atoms with van der Waals surface area (Å²) in [4.78, 5) is 24.7. The summed E-state index contributed by atoms with van der Waals surface area (Å²) in [6, 6.07) is 1.02. The van der Waals surface area contributed by atoms with Crippen molar-refractivity contribution in [2.45, 2.75) is 50.6 Å². The van der Waals surface area contributed by atoms with Crippen molar-refractivity contribution in [1.82, 2.24) is 14.8 Å². The normalized spacial score (nSPS) is 31.8. The van der Waals surface area contributed by atoms with Gasteiger partial charge in [0.15, 0.2) is 5.13 Å². The van der Waals surface area contributed by atoms with Crippen LogP contribution < -0.4 is 4.90 Å². The predicted molar refractivity (Wildman–Crippen MR) is 97.4 cm³/mol. The minimum Gasteiger partial charge on any atom is -0.347 e. The van der Waals surface area contributed by atoms with Crippen LogP contribution in [0.1, 0.15) is 38.5 Å². The predicted octanol–water partition coefficient (Wildman–Crippen LogP) is 2.44.